The van der Waals surface area contributed by atoms with Crippen LogP contribution in [0.4, 0.5) is 0 Å². The predicted octanol–water partition coefficient (Wildman–Crippen LogP) is 5.29. The van der Waals surface area contributed by atoms with Crippen molar-refractivity contribution in [2.24, 2.45) is 0 Å². The lowest BCUT2D eigenvalue weighted by Gasteiger charge is -2.19. The van der Waals surface area contributed by atoms with Crippen molar-refractivity contribution in [3.8, 4) is 0 Å². The van der Waals surface area contributed by atoms with E-state index < -0.39 is 0 Å². The smallest absolute Gasteiger partial charge is 0.226 e. The molecule has 1 aliphatic rings. The maximum Gasteiger partial charge on any atom is 0.226 e. The molecule has 3 nitrogen and oxygen atoms in total. The number of carbonyl (C=O) groups excluding carboxylic acids is 1. The van der Waals surface area contributed by atoms with Crippen molar-refractivity contribution < 1.29 is 4.79 Å². The molecule has 0 fully saturated rings. The molecule has 28 heavy (non-hydrogen) atoms. The number of hydrogen-bond acceptors (Lipinski definition) is 2. The summed E-state index contributed by atoms with van der Waals surface area (Å²) < 4.78 is 0. The third-order valence-corrected chi connectivity index (χ3v) is 4.60. The number of rotatable bonds is 8. The molecule has 1 aromatic carbocycles. The summed E-state index contributed by atoms with van der Waals surface area (Å²) in [6.45, 7) is 5.74. The van der Waals surface area contributed by atoms with Crippen LogP contribution in [-0.4, -0.2) is 11.0 Å². The molecule has 0 spiro atoms. The quantitative estimate of drug-likeness (QED) is 0.466. The first kappa shape index (κ1) is 21.6. The zero-order valence-electron chi connectivity index (χ0n) is 16.4. The first-order chi connectivity index (χ1) is 13.6. The molecule has 2 N–H and O–H groups in total. The lowest BCUT2D eigenvalue weighted by atomic mass is 9.97. The Kier molecular flexibility index (Phi) is 9.16. The van der Waals surface area contributed by atoms with E-state index in [-0.39, 0.29) is 5.91 Å². The van der Waals surface area contributed by atoms with Crippen LogP contribution in [0.1, 0.15) is 38.2 Å². The van der Waals surface area contributed by atoms with Gasteiger partial charge in [-0.05, 0) is 61.5 Å². The van der Waals surface area contributed by atoms with Gasteiger partial charge in [-0.1, -0.05) is 73.4 Å². The maximum atomic E-state index is 12.2. The van der Waals surface area contributed by atoms with E-state index in [0.717, 1.165) is 30.5 Å². The average molecular weight is 393 g/mol. The fourth-order valence-corrected chi connectivity index (χ4v) is 3.14. The molecule has 0 saturated heterocycles. The van der Waals surface area contributed by atoms with E-state index >= 15 is 0 Å². The number of allylic oxidation sites excluding steroid dienone is 8. The average Bonchev–Trinajstić information content (AvgIpc) is 2.70. The van der Waals surface area contributed by atoms with Crippen molar-refractivity contribution in [3.05, 3.63) is 95.8 Å². The van der Waals surface area contributed by atoms with E-state index in [1.807, 2.05) is 43.4 Å². The molecule has 0 saturated carbocycles. The van der Waals surface area contributed by atoms with Crippen molar-refractivity contribution in [3.63, 3.8) is 0 Å². The van der Waals surface area contributed by atoms with Crippen LogP contribution < -0.4 is 10.6 Å². The Morgan fingerprint density at radius 2 is 1.93 bits per heavy atom. The first-order valence-corrected chi connectivity index (χ1v) is 10.0. The van der Waals surface area contributed by atoms with Gasteiger partial charge in [-0.3, -0.25) is 4.79 Å². The van der Waals surface area contributed by atoms with Gasteiger partial charge in [0.2, 0.25) is 5.91 Å². The third kappa shape index (κ3) is 7.49. The lowest BCUT2D eigenvalue weighted by Crippen LogP contribution is -2.39. The zero-order valence-corrected chi connectivity index (χ0v) is 17.2. The summed E-state index contributed by atoms with van der Waals surface area (Å²) in [7, 11) is 0. The molecular formula is C24H28N2OS. The number of thiocarbonyl (C=S) groups is 1. The minimum atomic E-state index is -0.101. The summed E-state index contributed by atoms with van der Waals surface area (Å²) in [6.07, 6.45) is 15.8. The van der Waals surface area contributed by atoms with Gasteiger partial charge in [-0.15, -0.1) is 0 Å². The molecule has 1 aliphatic carbocycles. The lowest BCUT2D eigenvalue weighted by molar-refractivity contribution is -0.119. The molecule has 1 amide bonds. The highest BCUT2D eigenvalue weighted by atomic mass is 32.1. The molecule has 0 unspecified atom stereocenters. The van der Waals surface area contributed by atoms with Crippen molar-refractivity contribution in [1.29, 1.82) is 0 Å². The topological polar surface area (TPSA) is 41.1 Å². The highest BCUT2D eigenvalue weighted by molar-refractivity contribution is 7.80. The second-order valence-corrected chi connectivity index (χ2v) is 6.97. The summed E-state index contributed by atoms with van der Waals surface area (Å²) >= 11 is 5.35. The van der Waals surface area contributed by atoms with Gasteiger partial charge in [0.05, 0.1) is 0 Å². The van der Waals surface area contributed by atoms with Gasteiger partial charge < -0.3 is 10.6 Å². The van der Waals surface area contributed by atoms with Gasteiger partial charge in [0, 0.05) is 12.1 Å². The summed E-state index contributed by atoms with van der Waals surface area (Å²) in [5, 5.41) is 6.33. The van der Waals surface area contributed by atoms with Gasteiger partial charge in [0.1, 0.15) is 0 Å². The van der Waals surface area contributed by atoms with Crippen LogP contribution in [-0.2, 0) is 11.2 Å². The summed E-state index contributed by atoms with van der Waals surface area (Å²) in [6, 6.07) is 10.3. The molecule has 4 heteroatoms. The van der Waals surface area contributed by atoms with E-state index in [2.05, 4.69) is 41.5 Å². The zero-order chi connectivity index (χ0) is 20.2. The van der Waals surface area contributed by atoms with Crippen molar-refractivity contribution in [1.82, 2.24) is 10.6 Å². The molecule has 1 aromatic rings. The van der Waals surface area contributed by atoms with E-state index in [9.17, 15) is 4.79 Å². The standard InChI is InChI=1S/C24H28N2OS/c1-3-5-11-19(4-2)16-17-23(27)26-24(28)25-22-15-10-9-14-21(22)18-20-12-7-6-8-13-20/h3-8,11-15H,2,9-10,16-18H2,1H3,(H2,25,26,27,28)/b5-3-,19-11+. The number of carbonyl (C=O) groups is 1. The van der Waals surface area contributed by atoms with E-state index in [0.29, 0.717) is 18.0 Å². The van der Waals surface area contributed by atoms with Crippen LogP contribution >= 0.6 is 12.2 Å². The van der Waals surface area contributed by atoms with Crippen LogP contribution in [0.5, 0.6) is 0 Å². The Labute approximate surface area is 173 Å². The minimum Gasteiger partial charge on any atom is -0.332 e. The van der Waals surface area contributed by atoms with Gasteiger partial charge in [-0.25, -0.2) is 0 Å². The van der Waals surface area contributed by atoms with Crippen LogP contribution in [0.2, 0.25) is 0 Å². The number of nitrogens with one attached hydrogen (secondary N) is 2. The van der Waals surface area contributed by atoms with Crippen molar-refractivity contribution in [2.75, 3.05) is 0 Å². The summed E-state index contributed by atoms with van der Waals surface area (Å²) in [5.41, 5.74) is 4.47. The number of hydrogen-bond donors (Lipinski definition) is 2. The van der Waals surface area contributed by atoms with Crippen molar-refractivity contribution >= 4 is 23.2 Å². The molecular weight excluding hydrogens is 364 g/mol. The van der Waals surface area contributed by atoms with E-state index in [1.54, 1.807) is 6.08 Å². The SMILES string of the molecule is C=C/C(=C\C=C/C)CCC(=O)NC(=S)NC1=CCCC=C1Cc1ccccc1. The maximum absolute atomic E-state index is 12.2. The van der Waals surface area contributed by atoms with E-state index in [4.69, 9.17) is 12.2 Å². The number of benzene rings is 1. The van der Waals surface area contributed by atoms with Crippen LogP contribution in [0.25, 0.3) is 0 Å². The summed E-state index contributed by atoms with van der Waals surface area (Å²) in [4.78, 5) is 12.2. The first-order valence-electron chi connectivity index (χ1n) is 9.61. The minimum absolute atomic E-state index is 0.101. The molecule has 0 heterocycles. The monoisotopic (exact) mass is 392 g/mol. The normalized spacial score (nSPS) is 14.2. The highest BCUT2D eigenvalue weighted by Crippen LogP contribution is 2.21. The van der Waals surface area contributed by atoms with Crippen LogP contribution in [0.15, 0.2) is 90.2 Å². The van der Waals surface area contributed by atoms with Crippen LogP contribution in [0.3, 0.4) is 0 Å². The van der Waals surface area contributed by atoms with Gasteiger partial charge in [-0.2, -0.15) is 0 Å². The van der Waals surface area contributed by atoms with Crippen molar-refractivity contribution in [2.45, 2.75) is 39.0 Å². The van der Waals surface area contributed by atoms with E-state index in [1.165, 1.54) is 11.1 Å². The van der Waals surface area contributed by atoms with Gasteiger partial charge >= 0.3 is 0 Å². The molecule has 0 radical (unpaired) electrons. The Bertz CT molecular complexity index is 816. The highest BCUT2D eigenvalue weighted by Gasteiger charge is 2.12. The summed E-state index contributed by atoms with van der Waals surface area (Å²) in [5.74, 6) is -0.101. The fraction of sp³-hybridized carbons (Fsp3) is 0.250. The second kappa shape index (κ2) is 11.9. The Morgan fingerprint density at radius 3 is 2.64 bits per heavy atom. The van der Waals surface area contributed by atoms with Gasteiger partial charge in [0.15, 0.2) is 5.11 Å². The van der Waals surface area contributed by atoms with Crippen LogP contribution in [0, 0.1) is 0 Å². The third-order valence-electron chi connectivity index (χ3n) is 4.40. The number of amides is 1. The molecule has 0 aliphatic heterocycles. The Balaban J connectivity index is 1.87. The Hall–Kier alpha value is -2.72. The molecule has 146 valence electrons. The molecule has 0 atom stereocenters. The molecule has 0 bridgehead atoms. The molecule has 2 rings (SSSR count). The second-order valence-electron chi connectivity index (χ2n) is 6.56. The fourth-order valence-electron chi connectivity index (χ4n) is 2.91. The largest absolute Gasteiger partial charge is 0.332 e. The van der Waals surface area contributed by atoms with Gasteiger partial charge in [0.25, 0.3) is 0 Å². The molecule has 0 aromatic heterocycles. The Morgan fingerprint density at radius 1 is 1.18 bits per heavy atom. The predicted molar refractivity (Wildman–Crippen MR) is 122 cm³/mol.